The van der Waals surface area contributed by atoms with Crippen LogP contribution in [-0.4, -0.2) is 23.3 Å². The van der Waals surface area contributed by atoms with E-state index in [0.717, 1.165) is 6.42 Å². The highest BCUT2D eigenvalue weighted by Gasteiger charge is 2.17. The molecular weight excluding hydrogens is 156 g/mol. The number of carbonyl (C=O) groups is 2. The van der Waals surface area contributed by atoms with Gasteiger partial charge in [-0.2, -0.15) is 0 Å². The van der Waals surface area contributed by atoms with Gasteiger partial charge in [-0.3, -0.25) is 9.59 Å². The summed E-state index contributed by atoms with van der Waals surface area (Å²) in [6, 6.07) is 0. The summed E-state index contributed by atoms with van der Waals surface area (Å²) < 4.78 is 0. The molecular formula is C9H16O3. The van der Waals surface area contributed by atoms with E-state index in [4.69, 9.17) is 5.11 Å². The van der Waals surface area contributed by atoms with E-state index in [1.807, 2.05) is 6.92 Å². The number of Topliss-reactive ketones (excluding diaryl/α,β-unsaturated/α-hetero) is 2. The summed E-state index contributed by atoms with van der Waals surface area (Å²) in [5.41, 5.74) is 0. The van der Waals surface area contributed by atoms with Gasteiger partial charge in [0.1, 0.15) is 11.6 Å². The summed E-state index contributed by atoms with van der Waals surface area (Å²) >= 11 is 0. The van der Waals surface area contributed by atoms with Gasteiger partial charge in [0.2, 0.25) is 0 Å². The van der Waals surface area contributed by atoms with Crippen LogP contribution in [0.1, 0.15) is 33.1 Å². The van der Waals surface area contributed by atoms with E-state index in [1.54, 1.807) is 0 Å². The number of aliphatic hydroxyl groups is 1. The van der Waals surface area contributed by atoms with Crippen molar-refractivity contribution >= 4 is 11.6 Å². The number of aliphatic hydroxyl groups excluding tert-OH is 1. The van der Waals surface area contributed by atoms with Crippen molar-refractivity contribution in [3.05, 3.63) is 0 Å². The van der Waals surface area contributed by atoms with Crippen molar-refractivity contribution in [2.45, 2.75) is 33.1 Å². The number of hydrogen-bond acceptors (Lipinski definition) is 3. The molecule has 1 N–H and O–H groups in total. The van der Waals surface area contributed by atoms with Crippen LogP contribution in [-0.2, 0) is 9.59 Å². The van der Waals surface area contributed by atoms with Gasteiger partial charge in [0, 0.05) is 5.92 Å². The molecule has 0 aromatic rings. The maximum atomic E-state index is 11.2. The van der Waals surface area contributed by atoms with Crippen molar-refractivity contribution in [3.63, 3.8) is 0 Å². The molecule has 0 rings (SSSR count). The Kier molecular flexibility index (Phi) is 5.54. The van der Waals surface area contributed by atoms with E-state index in [9.17, 15) is 9.59 Å². The first-order valence-electron chi connectivity index (χ1n) is 4.24. The normalized spacial score (nSPS) is 12.6. The fraction of sp³-hybridized carbons (Fsp3) is 0.778. The van der Waals surface area contributed by atoms with Gasteiger partial charge in [-0.05, 0) is 13.3 Å². The van der Waals surface area contributed by atoms with Crippen molar-refractivity contribution in [1.29, 1.82) is 0 Å². The van der Waals surface area contributed by atoms with Crippen LogP contribution in [0.3, 0.4) is 0 Å². The van der Waals surface area contributed by atoms with E-state index < -0.39 is 0 Å². The summed E-state index contributed by atoms with van der Waals surface area (Å²) in [5.74, 6) is -0.597. The van der Waals surface area contributed by atoms with Crippen LogP contribution in [0.25, 0.3) is 0 Å². The minimum Gasteiger partial charge on any atom is -0.396 e. The number of hydrogen-bond donors (Lipinski definition) is 1. The first kappa shape index (κ1) is 11.3. The maximum absolute atomic E-state index is 11.2. The van der Waals surface area contributed by atoms with Crippen LogP contribution in [0.15, 0.2) is 0 Å². The molecule has 3 heteroatoms. The molecule has 0 spiro atoms. The quantitative estimate of drug-likeness (QED) is 0.607. The second-order valence-corrected chi connectivity index (χ2v) is 3.01. The second-order valence-electron chi connectivity index (χ2n) is 3.01. The zero-order valence-corrected chi connectivity index (χ0v) is 7.67. The summed E-state index contributed by atoms with van der Waals surface area (Å²) in [6.07, 6.45) is 1.49. The summed E-state index contributed by atoms with van der Waals surface area (Å²) in [5, 5.41) is 8.81. The average molecular weight is 172 g/mol. The molecule has 0 aliphatic rings. The van der Waals surface area contributed by atoms with E-state index in [0.29, 0.717) is 6.42 Å². The molecule has 12 heavy (non-hydrogen) atoms. The highest BCUT2D eigenvalue weighted by Crippen LogP contribution is 2.08. The van der Waals surface area contributed by atoms with Crippen molar-refractivity contribution < 1.29 is 14.7 Å². The van der Waals surface area contributed by atoms with Crippen molar-refractivity contribution in [2.24, 2.45) is 5.92 Å². The first-order chi connectivity index (χ1) is 5.61. The fourth-order valence-electron chi connectivity index (χ4n) is 1.09. The van der Waals surface area contributed by atoms with Gasteiger partial charge in [0.15, 0.2) is 0 Å². The second kappa shape index (κ2) is 5.89. The Labute approximate surface area is 72.8 Å². The molecule has 0 aliphatic carbocycles. The first-order valence-corrected chi connectivity index (χ1v) is 4.24. The molecule has 1 atom stereocenters. The Morgan fingerprint density at radius 2 is 2.00 bits per heavy atom. The lowest BCUT2D eigenvalue weighted by molar-refractivity contribution is -0.129. The molecule has 1 unspecified atom stereocenters. The minimum absolute atomic E-state index is 0.0365. The number of carbonyl (C=O) groups excluding carboxylic acids is 2. The third-order valence-corrected chi connectivity index (χ3v) is 1.74. The molecule has 0 heterocycles. The molecule has 0 bridgehead atoms. The zero-order valence-electron chi connectivity index (χ0n) is 7.67. The van der Waals surface area contributed by atoms with Crippen molar-refractivity contribution in [1.82, 2.24) is 0 Å². The Balaban J connectivity index is 3.93. The molecule has 0 saturated heterocycles. The van der Waals surface area contributed by atoms with Gasteiger partial charge in [-0.1, -0.05) is 13.3 Å². The van der Waals surface area contributed by atoms with Gasteiger partial charge in [0.25, 0.3) is 0 Å². The maximum Gasteiger partial charge on any atom is 0.145 e. The lowest BCUT2D eigenvalue weighted by Gasteiger charge is -2.09. The smallest absolute Gasteiger partial charge is 0.145 e. The van der Waals surface area contributed by atoms with Gasteiger partial charge >= 0.3 is 0 Å². The largest absolute Gasteiger partial charge is 0.396 e. The van der Waals surface area contributed by atoms with Crippen LogP contribution in [0.4, 0.5) is 0 Å². The molecule has 0 aromatic heterocycles. The van der Waals surface area contributed by atoms with E-state index >= 15 is 0 Å². The van der Waals surface area contributed by atoms with Crippen LogP contribution in [0.5, 0.6) is 0 Å². The third kappa shape index (κ3) is 4.23. The number of ketones is 2. The Hall–Kier alpha value is -0.700. The van der Waals surface area contributed by atoms with E-state index in [1.165, 1.54) is 6.92 Å². The Morgan fingerprint density at radius 1 is 1.42 bits per heavy atom. The average Bonchev–Trinajstić information content (AvgIpc) is 1.98. The Morgan fingerprint density at radius 3 is 2.33 bits per heavy atom. The fourth-order valence-corrected chi connectivity index (χ4v) is 1.09. The summed E-state index contributed by atoms with van der Waals surface area (Å²) in [4.78, 5) is 21.8. The molecule has 0 saturated carbocycles. The SMILES string of the molecule is CCCC(CO)C(=O)CC(C)=O. The topological polar surface area (TPSA) is 54.4 Å². The molecule has 70 valence electrons. The van der Waals surface area contributed by atoms with Crippen LogP contribution < -0.4 is 0 Å². The predicted molar refractivity (Wildman–Crippen MR) is 45.8 cm³/mol. The third-order valence-electron chi connectivity index (χ3n) is 1.74. The van der Waals surface area contributed by atoms with E-state index in [2.05, 4.69) is 0 Å². The van der Waals surface area contributed by atoms with Gasteiger partial charge in [0.05, 0.1) is 13.0 Å². The van der Waals surface area contributed by atoms with Crippen LogP contribution in [0, 0.1) is 5.92 Å². The van der Waals surface area contributed by atoms with Gasteiger partial charge in [-0.25, -0.2) is 0 Å². The van der Waals surface area contributed by atoms with Crippen LogP contribution >= 0.6 is 0 Å². The monoisotopic (exact) mass is 172 g/mol. The van der Waals surface area contributed by atoms with E-state index in [-0.39, 0.29) is 30.5 Å². The predicted octanol–water partition coefficient (Wildman–Crippen LogP) is 0.943. The highest BCUT2D eigenvalue weighted by atomic mass is 16.3. The lowest BCUT2D eigenvalue weighted by Crippen LogP contribution is -2.20. The van der Waals surface area contributed by atoms with Crippen molar-refractivity contribution in [3.8, 4) is 0 Å². The molecule has 0 aliphatic heterocycles. The summed E-state index contributed by atoms with van der Waals surface area (Å²) in [6.45, 7) is 3.20. The van der Waals surface area contributed by atoms with Gasteiger partial charge < -0.3 is 5.11 Å². The van der Waals surface area contributed by atoms with Crippen LogP contribution in [0.2, 0.25) is 0 Å². The number of rotatable bonds is 6. The van der Waals surface area contributed by atoms with Crippen molar-refractivity contribution in [2.75, 3.05) is 6.61 Å². The molecule has 0 aromatic carbocycles. The Bertz CT molecular complexity index is 163. The standard InChI is InChI=1S/C9H16O3/c1-3-4-8(6-10)9(12)5-7(2)11/h8,10H,3-6H2,1-2H3. The molecule has 3 nitrogen and oxygen atoms in total. The molecule has 0 fully saturated rings. The lowest BCUT2D eigenvalue weighted by atomic mass is 9.96. The highest BCUT2D eigenvalue weighted by molar-refractivity contribution is 5.99. The molecule has 0 radical (unpaired) electrons. The minimum atomic E-state index is -0.334. The molecule has 0 amide bonds. The van der Waals surface area contributed by atoms with Gasteiger partial charge in [-0.15, -0.1) is 0 Å². The zero-order chi connectivity index (χ0) is 9.56. The summed E-state index contributed by atoms with van der Waals surface area (Å²) in [7, 11) is 0.